The van der Waals surface area contributed by atoms with Crippen molar-refractivity contribution in [1.29, 1.82) is 0 Å². The highest BCUT2D eigenvalue weighted by molar-refractivity contribution is 5.97. The monoisotopic (exact) mass is 242 g/mol. The van der Waals surface area contributed by atoms with Gasteiger partial charge in [0.25, 0.3) is 0 Å². The van der Waals surface area contributed by atoms with Gasteiger partial charge in [-0.1, -0.05) is 30.3 Å². The van der Waals surface area contributed by atoms with Crippen LogP contribution >= 0.6 is 0 Å². The fraction of sp³-hybridized carbons (Fsp3) is 0.133. The number of carbonyl (C=O) groups is 1. The van der Waals surface area contributed by atoms with Crippen LogP contribution in [0.1, 0.15) is 10.4 Å². The summed E-state index contributed by atoms with van der Waals surface area (Å²) in [6, 6.07) is 16.2. The van der Waals surface area contributed by atoms with Gasteiger partial charge >= 0.3 is 0 Å². The van der Waals surface area contributed by atoms with Gasteiger partial charge in [0, 0.05) is 5.56 Å². The normalized spacial score (nSPS) is 9.83. The quantitative estimate of drug-likeness (QED) is 0.756. The molecule has 0 saturated carbocycles. The second kappa shape index (κ2) is 5.87. The zero-order chi connectivity index (χ0) is 12.8. The van der Waals surface area contributed by atoms with Gasteiger partial charge in [0.05, 0.1) is 7.11 Å². The molecule has 0 radical (unpaired) electrons. The average Bonchev–Trinajstić information content (AvgIpc) is 2.46. The Bertz CT molecular complexity index is 503. The third-order valence-electron chi connectivity index (χ3n) is 2.53. The molecule has 0 aliphatic heterocycles. The number of ether oxygens (including phenoxy) is 2. The van der Waals surface area contributed by atoms with Gasteiger partial charge in [-0.2, -0.15) is 0 Å². The maximum absolute atomic E-state index is 11.8. The SMILES string of the molecule is COc1ccc(OCC(=O)c2ccccc2)cc1. The lowest BCUT2D eigenvalue weighted by Crippen LogP contribution is -2.11. The van der Waals surface area contributed by atoms with Crippen LogP contribution in [0.4, 0.5) is 0 Å². The van der Waals surface area contributed by atoms with Crippen molar-refractivity contribution in [1.82, 2.24) is 0 Å². The number of rotatable bonds is 5. The van der Waals surface area contributed by atoms with Gasteiger partial charge < -0.3 is 9.47 Å². The highest BCUT2D eigenvalue weighted by Gasteiger charge is 2.05. The van der Waals surface area contributed by atoms with E-state index in [9.17, 15) is 4.79 Å². The summed E-state index contributed by atoms with van der Waals surface area (Å²) in [7, 11) is 1.61. The molecule has 0 saturated heterocycles. The second-order valence-corrected chi connectivity index (χ2v) is 3.75. The molecule has 2 rings (SSSR count). The van der Waals surface area contributed by atoms with E-state index in [1.807, 2.05) is 18.2 Å². The lowest BCUT2D eigenvalue weighted by atomic mass is 10.1. The number of hydrogen-bond donors (Lipinski definition) is 0. The molecule has 0 bridgehead atoms. The number of carbonyl (C=O) groups excluding carboxylic acids is 1. The first kappa shape index (κ1) is 12.2. The first-order chi connectivity index (χ1) is 8.79. The van der Waals surface area contributed by atoms with Crippen molar-refractivity contribution in [2.24, 2.45) is 0 Å². The minimum Gasteiger partial charge on any atom is -0.497 e. The van der Waals surface area contributed by atoms with Gasteiger partial charge in [0.1, 0.15) is 11.5 Å². The van der Waals surface area contributed by atoms with Crippen LogP contribution in [-0.2, 0) is 0 Å². The summed E-state index contributed by atoms with van der Waals surface area (Å²) in [4.78, 5) is 11.8. The Morgan fingerprint density at radius 1 is 0.944 bits per heavy atom. The summed E-state index contributed by atoms with van der Waals surface area (Å²) in [6.45, 7) is 0.0380. The van der Waals surface area contributed by atoms with Gasteiger partial charge in [-0.3, -0.25) is 4.79 Å². The summed E-state index contributed by atoms with van der Waals surface area (Å²) < 4.78 is 10.5. The molecule has 2 aromatic rings. The number of hydrogen-bond acceptors (Lipinski definition) is 3. The van der Waals surface area contributed by atoms with Crippen molar-refractivity contribution in [3.63, 3.8) is 0 Å². The van der Waals surface area contributed by atoms with Crippen LogP contribution in [0.3, 0.4) is 0 Å². The highest BCUT2D eigenvalue weighted by atomic mass is 16.5. The second-order valence-electron chi connectivity index (χ2n) is 3.75. The molecule has 0 heterocycles. The topological polar surface area (TPSA) is 35.5 Å². The number of Topliss-reactive ketones (excluding diaryl/α,β-unsaturated/α-hetero) is 1. The Hall–Kier alpha value is -2.29. The third-order valence-corrected chi connectivity index (χ3v) is 2.53. The lowest BCUT2D eigenvalue weighted by Gasteiger charge is -2.06. The van der Waals surface area contributed by atoms with Crippen molar-refractivity contribution >= 4 is 5.78 Å². The van der Waals surface area contributed by atoms with Crippen LogP contribution in [0.25, 0.3) is 0 Å². The molecule has 2 aromatic carbocycles. The van der Waals surface area contributed by atoms with E-state index < -0.39 is 0 Å². The molecule has 92 valence electrons. The Kier molecular flexibility index (Phi) is 3.97. The maximum atomic E-state index is 11.8. The van der Waals surface area contributed by atoms with Crippen LogP contribution in [0.2, 0.25) is 0 Å². The molecule has 3 nitrogen and oxygen atoms in total. The molecule has 0 aromatic heterocycles. The van der Waals surface area contributed by atoms with Gasteiger partial charge in [-0.25, -0.2) is 0 Å². The fourth-order valence-electron chi connectivity index (χ4n) is 1.53. The fourth-order valence-corrected chi connectivity index (χ4v) is 1.53. The van der Waals surface area contributed by atoms with Gasteiger partial charge in [-0.05, 0) is 24.3 Å². The molecule has 0 amide bonds. The summed E-state index contributed by atoms with van der Waals surface area (Å²) >= 11 is 0. The van der Waals surface area contributed by atoms with E-state index in [0.717, 1.165) is 5.75 Å². The molecule has 0 aliphatic rings. The Balaban J connectivity index is 1.93. The van der Waals surface area contributed by atoms with E-state index in [1.54, 1.807) is 43.5 Å². The largest absolute Gasteiger partial charge is 0.497 e. The van der Waals surface area contributed by atoms with Crippen molar-refractivity contribution in [2.75, 3.05) is 13.7 Å². The van der Waals surface area contributed by atoms with E-state index in [2.05, 4.69) is 0 Å². The van der Waals surface area contributed by atoms with Crippen LogP contribution in [0, 0.1) is 0 Å². The van der Waals surface area contributed by atoms with E-state index in [0.29, 0.717) is 11.3 Å². The Morgan fingerprint density at radius 2 is 1.56 bits per heavy atom. The number of benzene rings is 2. The van der Waals surface area contributed by atoms with Crippen LogP contribution < -0.4 is 9.47 Å². The maximum Gasteiger partial charge on any atom is 0.200 e. The average molecular weight is 242 g/mol. The molecule has 0 atom stereocenters. The number of ketones is 1. The van der Waals surface area contributed by atoms with Crippen molar-refractivity contribution in [2.45, 2.75) is 0 Å². The molecular weight excluding hydrogens is 228 g/mol. The van der Waals surface area contributed by atoms with Crippen LogP contribution in [-0.4, -0.2) is 19.5 Å². The third kappa shape index (κ3) is 3.10. The summed E-state index contributed by atoms with van der Waals surface area (Å²) in [5, 5.41) is 0. The molecule has 0 unspecified atom stereocenters. The van der Waals surface area contributed by atoms with Gasteiger partial charge in [0.15, 0.2) is 12.4 Å². The van der Waals surface area contributed by atoms with E-state index in [1.165, 1.54) is 0 Å². The summed E-state index contributed by atoms with van der Waals surface area (Å²) in [5.41, 5.74) is 0.658. The summed E-state index contributed by atoms with van der Waals surface area (Å²) in [6.07, 6.45) is 0. The molecule has 0 spiro atoms. The van der Waals surface area contributed by atoms with Gasteiger partial charge in [0.2, 0.25) is 0 Å². The highest BCUT2D eigenvalue weighted by Crippen LogP contribution is 2.17. The standard InChI is InChI=1S/C15H14O3/c1-17-13-7-9-14(10-8-13)18-11-15(16)12-5-3-2-4-6-12/h2-10H,11H2,1H3. The zero-order valence-corrected chi connectivity index (χ0v) is 10.1. The molecule has 0 aliphatic carbocycles. The van der Waals surface area contributed by atoms with Crippen molar-refractivity contribution in [3.8, 4) is 11.5 Å². The number of methoxy groups -OCH3 is 1. The zero-order valence-electron chi connectivity index (χ0n) is 10.1. The predicted molar refractivity (Wildman–Crippen MR) is 69.3 cm³/mol. The molecule has 0 fully saturated rings. The van der Waals surface area contributed by atoms with Crippen molar-refractivity contribution in [3.05, 3.63) is 60.2 Å². The minimum atomic E-state index is -0.0357. The first-order valence-electron chi connectivity index (χ1n) is 5.64. The van der Waals surface area contributed by atoms with Crippen molar-refractivity contribution < 1.29 is 14.3 Å². The predicted octanol–water partition coefficient (Wildman–Crippen LogP) is 2.96. The Morgan fingerprint density at radius 3 is 2.17 bits per heavy atom. The van der Waals surface area contributed by atoms with E-state index in [-0.39, 0.29) is 12.4 Å². The van der Waals surface area contributed by atoms with Crippen LogP contribution in [0.15, 0.2) is 54.6 Å². The molecule has 18 heavy (non-hydrogen) atoms. The summed E-state index contributed by atoms with van der Waals surface area (Å²) in [5.74, 6) is 1.38. The van der Waals surface area contributed by atoms with Gasteiger partial charge in [-0.15, -0.1) is 0 Å². The van der Waals surface area contributed by atoms with E-state index >= 15 is 0 Å². The lowest BCUT2D eigenvalue weighted by molar-refractivity contribution is 0.0921. The smallest absolute Gasteiger partial charge is 0.200 e. The molecule has 0 N–H and O–H groups in total. The first-order valence-corrected chi connectivity index (χ1v) is 5.64. The van der Waals surface area contributed by atoms with E-state index in [4.69, 9.17) is 9.47 Å². The molecular formula is C15H14O3. The Labute approximate surface area is 106 Å². The molecule has 3 heteroatoms. The minimum absolute atomic E-state index is 0.0357. The van der Waals surface area contributed by atoms with Crippen LogP contribution in [0.5, 0.6) is 11.5 Å².